The third kappa shape index (κ3) is 3.42. The van der Waals surface area contributed by atoms with Crippen LogP contribution in [0.3, 0.4) is 0 Å². The van der Waals surface area contributed by atoms with E-state index in [1.165, 1.54) is 12.0 Å². The zero-order valence-corrected chi connectivity index (χ0v) is 16.7. The normalized spacial score (nSPS) is 17.2. The summed E-state index contributed by atoms with van der Waals surface area (Å²) in [4.78, 5) is 17.9. The molecule has 1 N–H and O–H groups in total. The van der Waals surface area contributed by atoms with E-state index < -0.39 is 0 Å². The monoisotopic (exact) mass is 372 g/mol. The maximum atomic E-state index is 13.4. The van der Waals surface area contributed by atoms with Gasteiger partial charge in [0.05, 0.1) is 11.1 Å². The summed E-state index contributed by atoms with van der Waals surface area (Å²) in [6.45, 7) is 4.28. The van der Waals surface area contributed by atoms with Crippen LogP contribution < -0.4 is 5.32 Å². The van der Waals surface area contributed by atoms with E-state index in [1.807, 2.05) is 37.3 Å². The molecule has 1 aliphatic rings. The van der Waals surface area contributed by atoms with Crippen molar-refractivity contribution in [2.45, 2.75) is 57.4 Å². The number of benzene rings is 2. The van der Waals surface area contributed by atoms with Crippen LogP contribution in [-0.2, 0) is 0 Å². The molecule has 0 aliphatic heterocycles. The number of nitrogens with one attached hydrogen (secondary N) is 1. The summed E-state index contributed by atoms with van der Waals surface area (Å²) >= 11 is 0. The Morgan fingerprint density at radius 2 is 1.68 bits per heavy atom. The van der Waals surface area contributed by atoms with Crippen molar-refractivity contribution in [2.75, 3.05) is 0 Å². The maximum absolute atomic E-state index is 13.4. The van der Waals surface area contributed by atoms with Gasteiger partial charge in [0.2, 0.25) is 0 Å². The molecular formula is C25H28N2O. The van der Waals surface area contributed by atoms with E-state index in [4.69, 9.17) is 0 Å². The lowest BCUT2D eigenvalue weighted by atomic mass is 9.70. The summed E-state index contributed by atoms with van der Waals surface area (Å²) < 4.78 is 0. The van der Waals surface area contributed by atoms with Crippen molar-refractivity contribution in [3.05, 3.63) is 77.5 Å². The highest BCUT2D eigenvalue weighted by molar-refractivity contribution is 6.00. The quantitative estimate of drug-likeness (QED) is 0.631. The number of rotatable bonds is 4. The molecule has 1 atom stereocenters. The fraction of sp³-hybridized carbons (Fsp3) is 0.360. The molecule has 1 heterocycles. The summed E-state index contributed by atoms with van der Waals surface area (Å²) in [6, 6.07) is 18.6. The largest absolute Gasteiger partial charge is 0.346 e. The average Bonchev–Trinajstić information content (AvgIpc) is 2.75. The number of hydrogen-bond acceptors (Lipinski definition) is 2. The van der Waals surface area contributed by atoms with Crippen LogP contribution in [0.25, 0.3) is 10.9 Å². The third-order valence-electron chi connectivity index (χ3n) is 6.53. The van der Waals surface area contributed by atoms with Gasteiger partial charge in [-0.3, -0.25) is 9.78 Å². The molecule has 1 saturated carbocycles. The molecule has 0 radical (unpaired) electrons. The Labute approximate surface area is 167 Å². The standard InChI is InChI=1S/C25H28N2O/c1-18-21-13-7-8-14-23(21)26-17-22(18)24(28)27-25(15-9-4-10-16-25)19(2)20-11-5-3-6-12-20/h3,5-8,11-14,17,19H,4,9-10,15-16H2,1-2H3,(H,27,28). The Kier molecular flexibility index (Phi) is 5.17. The minimum Gasteiger partial charge on any atom is -0.346 e. The van der Waals surface area contributed by atoms with Gasteiger partial charge in [0, 0.05) is 23.0 Å². The van der Waals surface area contributed by atoms with Gasteiger partial charge in [0.15, 0.2) is 0 Å². The minimum atomic E-state index is -0.200. The first-order valence-corrected chi connectivity index (χ1v) is 10.3. The minimum absolute atomic E-state index is 0.000402. The van der Waals surface area contributed by atoms with Crippen LogP contribution in [0, 0.1) is 6.92 Å². The first-order valence-electron chi connectivity index (χ1n) is 10.3. The molecule has 0 spiro atoms. The second-order valence-electron chi connectivity index (χ2n) is 8.12. The number of nitrogens with zero attached hydrogens (tertiary/aromatic N) is 1. The molecular weight excluding hydrogens is 344 g/mol. The van der Waals surface area contributed by atoms with Gasteiger partial charge in [-0.05, 0) is 37.0 Å². The average molecular weight is 373 g/mol. The van der Waals surface area contributed by atoms with E-state index in [-0.39, 0.29) is 17.4 Å². The number of para-hydroxylation sites is 1. The Hall–Kier alpha value is -2.68. The van der Waals surface area contributed by atoms with Gasteiger partial charge in [-0.15, -0.1) is 0 Å². The van der Waals surface area contributed by atoms with Crippen LogP contribution in [0.1, 0.15) is 66.4 Å². The predicted octanol–water partition coefficient (Wildman–Crippen LogP) is 5.78. The SMILES string of the molecule is Cc1c(C(=O)NC2(C(C)c3ccccc3)CCCCC2)cnc2ccccc12. The van der Waals surface area contributed by atoms with Gasteiger partial charge in [-0.2, -0.15) is 0 Å². The number of fused-ring (bicyclic) bond motifs is 1. The van der Waals surface area contributed by atoms with E-state index in [9.17, 15) is 4.79 Å². The van der Waals surface area contributed by atoms with E-state index >= 15 is 0 Å². The molecule has 3 nitrogen and oxygen atoms in total. The van der Waals surface area contributed by atoms with E-state index in [0.717, 1.165) is 42.1 Å². The highest BCUT2D eigenvalue weighted by atomic mass is 16.1. The number of pyridine rings is 1. The van der Waals surface area contributed by atoms with Gasteiger partial charge in [0.25, 0.3) is 5.91 Å². The molecule has 0 bridgehead atoms. The Morgan fingerprint density at radius 3 is 2.43 bits per heavy atom. The molecule has 3 aromatic rings. The van der Waals surface area contributed by atoms with Crippen LogP contribution >= 0.6 is 0 Å². The number of hydrogen-bond donors (Lipinski definition) is 1. The number of carbonyl (C=O) groups excluding carboxylic acids is 1. The maximum Gasteiger partial charge on any atom is 0.253 e. The molecule has 1 unspecified atom stereocenters. The molecule has 3 heteroatoms. The van der Waals surface area contributed by atoms with Gasteiger partial charge in [-0.25, -0.2) is 0 Å². The molecule has 144 valence electrons. The van der Waals surface area contributed by atoms with Crippen LogP contribution in [0.4, 0.5) is 0 Å². The Morgan fingerprint density at radius 1 is 1.00 bits per heavy atom. The zero-order valence-electron chi connectivity index (χ0n) is 16.7. The van der Waals surface area contributed by atoms with Crippen LogP contribution in [0.5, 0.6) is 0 Å². The first kappa shape index (κ1) is 18.7. The summed E-state index contributed by atoms with van der Waals surface area (Å²) in [5.74, 6) is 0.270. The molecule has 2 aromatic carbocycles. The van der Waals surface area contributed by atoms with Crippen LogP contribution in [0.15, 0.2) is 60.8 Å². The second-order valence-corrected chi connectivity index (χ2v) is 8.12. The lowest BCUT2D eigenvalue weighted by Crippen LogP contribution is -2.53. The molecule has 1 fully saturated rings. The fourth-order valence-corrected chi connectivity index (χ4v) is 4.71. The summed E-state index contributed by atoms with van der Waals surface area (Å²) in [5.41, 5.74) is 3.71. The van der Waals surface area contributed by atoms with Crippen molar-refractivity contribution < 1.29 is 4.79 Å². The third-order valence-corrected chi connectivity index (χ3v) is 6.53. The molecule has 1 aliphatic carbocycles. The summed E-state index contributed by atoms with van der Waals surface area (Å²) in [7, 11) is 0. The lowest BCUT2D eigenvalue weighted by molar-refractivity contribution is 0.0843. The fourth-order valence-electron chi connectivity index (χ4n) is 4.71. The smallest absolute Gasteiger partial charge is 0.253 e. The van der Waals surface area contributed by atoms with E-state index in [0.29, 0.717) is 5.56 Å². The van der Waals surface area contributed by atoms with E-state index in [1.54, 1.807) is 6.20 Å². The molecule has 4 rings (SSSR count). The molecule has 0 saturated heterocycles. The summed E-state index contributed by atoms with van der Waals surface area (Å²) in [5, 5.41) is 4.52. The van der Waals surface area contributed by atoms with Gasteiger partial charge in [-0.1, -0.05) is 74.7 Å². The zero-order chi connectivity index (χ0) is 19.6. The van der Waals surface area contributed by atoms with Crippen molar-refractivity contribution in [1.82, 2.24) is 10.3 Å². The first-order chi connectivity index (χ1) is 13.6. The van der Waals surface area contributed by atoms with Crippen molar-refractivity contribution >= 4 is 16.8 Å². The van der Waals surface area contributed by atoms with Crippen molar-refractivity contribution in [3.63, 3.8) is 0 Å². The number of aromatic nitrogens is 1. The van der Waals surface area contributed by atoms with Gasteiger partial charge in [0.1, 0.15) is 0 Å². The van der Waals surface area contributed by atoms with Crippen molar-refractivity contribution in [3.8, 4) is 0 Å². The van der Waals surface area contributed by atoms with Crippen molar-refractivity contribution in [1.29, 1.82) is 0 Å². The highest BCUT2D eigenvalue weighted by Gasteiger charge is 2.39. The highest BCUT2D eigenvalue weighted by Crippen LogP contribution is 2.40. The molecule has 1 amide bonds. The van der Waals surface area contributed by atoms with Gasteiger partial charge < -0.3 is 5.32 Å². The predicted molar refractivity (Wildman–Crippen MR) is 115 cm³/mol. The topological polar surface area (TPSA) is 42.0 Å². The van der Waals surface area contributed by atoms with Crippen LogP contribution in [0.2, 0.25) is 0 Å². The molecule has 1 aromatic heterocycles. The number of amides is 1. The Balaban J connectivity index is 1.68. The Bertz CT molecular complexity index is 974. The van der Waals surface area contributed by atoms with Crippen LogP contribution in [-0.4, -0.2) is 16.4 Å². The summed E-state index contributed by atoms with van der Waals surface area (Å²) in [6.07, 6.45) is 7.34. The molecule has 28 heavy (non-hydrogen) atoms. The van der Waals surface area contributed by atoms with Crippen molar-refractivity contribution in [2.24, 2.45) is 0 Å². The second kappa shape index (κ2) is 7.75. The van der Waals surface area contributed by atoms with Gasteiger partial charge >= 0.3 is 0 Å². The number of carbonyl (C=O) groups is 1. The number of aryl methyl sites for hydroxylation is 1. The van der Waals surface area contributed by atoms with E-state index in [2.05, 4.69) is 41.5 Å². The lowest BCUT2D eigenvalue weighted by Gasteiger charge is -2.43.